The normalized spacial score (nSPS) is 14.6. The van der Waals surface area contributed by atoms with Crippen molar-refractivity contribution >= 4 is 16.0 Å². The van der Waals surface area contributed by atoms with E-state index >= 15 is 0 Å². The van der Waals surface area contributed by atoms with Gasteiger partial charge in [0, 0.05) is 0 Å². The molecule has 0 aromatic rings. The molecule has 0 aliphatic carbocycles. The van der Waals surface area contributed by atoms with E-state index in [4.69, 9.17) is 0 Å². The third-order valence-corrected chi connectivity index (χ3v) is 9.09. The summed E-state index contributed by atoms with van der Waals surface area (Å²) in [6, 6.07) is -1.26. The lowest BCUT2D eigenvalue weighted by molar-refractivity contribution is -0.130. The smallest absolute Gasteiger partial charge is 0.267 e. The fourth-order valence-electron chi connectivity index (χ4n) is 5.35. The minimum Gasteiger partial charge on any atom is -0.387 e. The summed E-state index contributed by atoms with van der Waals surface area (Å²) < 4.78 is 32.4. The molecule has 0 saturated heterocycles. The molecule has 0 bridgehead atoms. The summed E-state index contributed by atoms with van der Waals surface area (Å²) in [5.41, 5.74) is 0. The predicted octanol–water partition coefficient (Wildman–Crippen LogP) is 9.71. The molecule has 0 fully saturated rings. The Bertz CT molecular complexity index is 943. The van der Waals surface area contributed by atoms with Gasteiger partial charge in [-0.25, -0.2) is 0 Å². The van der Waals surface area contributed by atoms with Crippen molar-refractivity contribution in [2.24, 2.45) is 0 Å². The summed E-state index contributed by atoms with van der Waals surface area (Å²) in [5, 5.41) is 23.2. The van der Waals surface area contributed by atoms with Crippen LogP contribution in [0, 0.1) is 0 Å². The minimum absolute atomic E-state index is 0.254. The predicted molar refractivity (Wildman–Crippen MR) is 199 cm³/mol. The third kappa shape index (κ3) is 32.6. The molecule has 0 spiro atoms. The van der Waals surface area contributed by atoms with Gasteiger partial charge in [0.2, 0.25) is 5.91 Å². The van der Waals surface area contributed by atoms with Crippen molar-refractivity contribution in [3.05, 3.63) is 48.6 Å². The lowest BCUT2D eigenvalue weighted by Crippen LogP contribution is -2.50. The maximum Gasteiger partial charge on any atom is 0.267 e. The molecule has 0 rings (SSSR count). The third-order valence-electron chi connectivity index (χ3n) is 8.31. The van der Waals surface area contributed by atoms with Gasteiger partial charge in [-0.2, -0.15) is 8.42 Å². The number of carbonyl (C=O) groups excluding carboxylic acids is 1. The monoisotopic (exact) mass is 682 g/mol. The molecule has 47 heavy (non-hydrogen) atoms. The number of aliphatic hydroxyl groups excluding tert-OH is 2. The summed E-state index contributed by atoms with van der Waals surface area (Å²) >= 11 is 0. The maximum absolute atomic E-state index is 12.5. The molecule has 0 saturated carbocycles. The summed E-state index contributed by atoms with van der Waals surface area (Å²) in [5.74, 6) is -1.58. The first-order chi connectivity index (χ1) is 22.7. The number of hydrogen-bond donors (Lipinski definition) is 4. The van der Waals surface area contributed by atoms with Crippen molar-refractivity contribution in [2.45, 2.75) is 186 Å². The molecule has 4 N–H and O–H groups in total. The number of carbonyl (C=O) groups is 1. The van der Waals surface area contributed by atoms with E-state index in [1.54, 1.807) is 6.08 Å². The fourth-order valence-corrected chi connectivity index (χ4v) is 6.08. The lowest BCUT2D eigenvalue weighted by Gasteiger charge is -2.22. The van der Waals surface area contributed by atoms with Gasteiger partial charge < -0.3 is 15.5 Å². The van der Waals surface area contributed by atoms with Crippen LogP contribution in [0.2, 0.25) is 0 Å². The van der Waals surface area contributed by atoms with Gasteiger partial charge in [0.25, 0.3) is 10.1 Å². The van der Waals surface area contributed by atoms with Gasteiger partial charge in [-0.05, 0) is 64.2 Å². The first kappa shape index (κ1) is 45.3. The SMILES string of the molecule is CCCC/C=C\CCCCCCC(O)C(=O)NC(CS(=O)(=O)O)C(O)/C=C/CC/C=C/CC/C=C/CCCCCCCCCCCC. The fraction of sp³-hybridized carbons (Fsp3) is 0.769. The van der Waals surface area contributed by atoms with E-state index < -0.39 is 40.0 Å². The van der Waals surface area contributed by atoms with Crippen LogP contribution >= 0.6 is 0 Å². The zero-order chi connectivity index (χ0) is 34.9. The van der Waals surface area contributed by atoms with Crippen LogP contribution in [0.25, 0.3) is 0 Å². The highest BCUT2D eigenvalue weighted by molar-refractivity contribution is 7.85. The van der Waals surface area contributed by atoms with Gasteiger partial charge in [0.15, 0.2) is 0 Å². The van der Waals surface area contributed by atoms with Crippen molar-refractivity contribution in [2.75, 3.05) is 5.75 Å². The molecule has 274 valence electrons. The number of aliphatic hydroxyl groups is 2. The number of allylic oxidation sites excluding steroid dienone is 7. The van der Waals surface area contributed by atoms with Crippen LogP contribution in [0.15, 0.2) is 48.6 Å². The van der Waals surface area contributed by atoms with Crippen molar-refractivity contribution in [1.82, 2.24) is 5.32 Å². The van der Waals surface area contributed by atoms with E-state index in [-0.39, 0.29) is 6.42 Å². The Morgan fingerprint density at radius 3 is 1.47 bits per heavy atom. The van der Waals surface area contributed by atoms with Crippen molar-refractivity contribution in [3.8, 4) is 0 Å². The Hall–Kier alpha value is -1.74. The molecule has 0 aliphatic rings. The number of unbranched alkanes of at least 4 members (excludes halogenated alkanes) is 18. The zero-order valence-electron chi connectivity index (χ0n) is 30.0. The van der Waals surface area contributed by atoms with Crippen LogP contribution < -0.4 is 5.32 Å². The lowest BCUT2D eigenvalue weighted by atomic mass is 10.1. The summed E-state index contributed by atoms with van der Waals surface area (Å²) in [4.78, 5) is 12.5. The standard InChI is InChI=1S/C39H71NO6S/c1-3-5-7-9-11-13-15-16-17-18-19-20-21-22-23-24-26-27-29-31-33-37(41)36(35-47(44,45)46)40-39(43)38(42)34-32-30-28-25-14-12-10-8-6-4-2/h10,12,20-21,24,26,31,33,36-38,41-42H,3-9,11,13-19,22-23,25,27-30,32,34-35H2,1-2H3,(H,40,43)(H,44,45,46)/b12-10-,21-20+,26-24+,33-31+. The maximum atomic E-state index is 12.5. The Kier molecular flexibility index (Phi) is 31.6. The number of amides is 1. The van der Waals surface area contributed by atoms with Crippen LogP contribution in [0.3, 0.4) is 0 Å². The van der Waals surface area contributed by atoms with Crippen LogP contribution in [0.5, 0.6) is 0 Å². The highest BCUT2D eigenvalue weighted by Gasteiger charge is 2.27. The largest absolute Gasteiger partial charge is 0.387 e. The molecule has 8 heteroatoms. The van der Waals surface area contributed by atoms with E-state index in [1.807, 2.05) is 0 Å². The van der Waals surface area contributed by atoms with Gasteiger partial charge in [-0.1, -0.05) is 152 Å². The number of nitrogens with one attached hydrogen (secondary N) is 1. The Balaban J connectivity index is 4.17. The average molecular weight is 682 g/mol. The molecular formula is C39H71NO6S. The van der Waals surface area contributed by atoms with E-state index in [0.717, 1.165) is 57.8 Å². The van der Waals surface area contributed by atoms with Crippen LogP contribution in [-0.2, 0) is 14.9 Å². The Labute approximate surface area is 289 Å². The second-order valence-corrected chi connectivity index (χ2v) is 14.5. The molecule has 3 unspecified atom stereocenters. The second kappa shape index (κ2) is 32.8. The zero-order valence-corrected chi connectivity index (χ0v) is 30.8. The summed E-state index contributed by atoms with van der Waals surface area (Å²) in [6.45, 7) is 4.44. The van der Waals surface area contributed by atoms with Gasteiger partial charge >= 0.3 is 0 Å². The molecular weight excluding hydrogens is 610 g/mol. The van der Waals surface area contributed by atoms with Gasteiger partial charge in [-0.15, -0.1) is 0 Å². The number of hydrogen-bond acceptors (Lipinski definition) is 5. The second-order valence-electron chi connectivity index (χ2n) is 13.0. The molecule has 0 heterocycles. The highest BCUT2D eigenvalue weighted by atomic mass is 32.2. The minimum atomic E-state index is -4.45. The van der Waals surface area contributed by atoms with Crippen molar-refractivity contribution in [1.29, 1.82) is 0 Å². The van der Waals surface area contributed by atoms with Crippen molar-refractivity contribution < 1.29 is 28.0 Å². The quantitative estimate of drug-likeness (QED) is 0.0311. The van der Waals surface area contributed by atoms with Crippen molar-refractivity contribution in [3.63, 3.8) is 0 Å². The van der Waals surface area contributed by atoms with Crippen LogP contribution in [0.1, 0.15) is 168 Å². The summed E-state index contributed by atoms with van der Waals surface area (Å²) in [7, 11) is -4.45. The molecule has 0 aliphatic heterocycles. The molecule has 7 nitrogen and oxygen atoms in total. The van der Waals surface area contributed by atoms with E-state index in [9.17, 15) is 28.0 Å². The Morgan fingerprint density at radius 2 is 0.979 bits per heavy atom. The number of rotatable bonds is 33. The first-order valence-corrected chi connectivity index (χ1v) is 20.6. The van der Waals surface area contributed by atoms with E-state index in [1.165, 1.54) is 83.1 Å². The molecule has 0 aromatic carbocycles. The highest BCUT2D eigenvalue weighted by Crippen LogP contribution is 2.12. The molecule has 0 aromatic heterocycles. The summed E-state index contributed by atoms with van der Waals surface area (Å²) in [6.07, 6.45) is 40.4. The Morgan fingerprint density at radius 1 is 0.574 bits per heavy atom. The van der Waals surface area contributed by atoms with Gasteiger partial charge in [0.05, 0.1) is 17.9 Å². The van der Waals surface area contributed by atoms with Crippen LogP contribution in [0.4, 0.5) is 0 Å². The topological polar surface area (TPSA) is 124 Å². The molecule has 0 radical (unpaired) electrons. The first-order valence-electron chi connectivity index (χ1n) is 18.9. The van der Waals surface area contributed by atoms with Gasteiger partial charge in [-0.3, -0.25) is 9.35 Å². The van der Waals surface area contributed by atoms with E-state index in [2.05, 4.69) is 55.6 Å². The average Bonchev–Trinajstić information content (AvgIpc) is 3.03. The van der Waals surface area contributed by atoms with Crippen LogP contribution in [-0.4, -0.2) is 53.1 Å². The molecule has 3 atom stereocenters. The molecule has 1 amide bonds. The van der Waals surface area contributed by atoms with Gasteiger partial charge in [0.1, 0.15) is 6.10 Å². The van der Waals surface area contributed by atoms with E-state index in [0.29, 0.717) is 12.8 Å².